The van der Waals surface area contributed by atoms with Crippen LogP contribution in [0, 0.1) is 0 Å². The number of imidazole rings is 1. The lowest BCUT2D eigenvalue weighted by Crippen LogP contribution is -2.41. The van der Waals surface area contributed by atoms with E-state index in [1.54, 1.807) is 28.9 Å². The van der Waals surface area contributed by atoms with E-state index >= 15 is 0 Å². The monoisotopic (exact) mass is 531 g/mol. The summed E-state index contributed by atoms with van der Waals surface area (Å²) >= 11 is 12.5. The number of carbonyl (C=O) groups excluding carboxylic acids is 1. The maximum absolute atomic E-state index is 13.8. The first-order chi connectivity index (χ1) is 18.0. The van der Waals surface area contributed by atoms with Crippen molar-refractivity contribution in [1.29, 1.82) is 0 Å². The summed E-state index contributed by atoms with van der Waals surface area (Å²) in [5.74, 6) is -0.120. The van der Waals surface area contributed by atoms with E-state index in [2.05, 4.69) is 4.98 Å². The number of benzene rings is 3. The van der Waals surface area contributed by atoms with Gasteiger partial charge in [0.15, 0.2) is 0 Å². The van der Waals surface area contributed by atoms with E-state index < -0.39 is 0 Å². The fourth-order valence-electron chi connectivity index (χ4n) is 5.04. The minimum atomic E-state index is -0.120. The molecule has 0 spiro atoms. The molecule has 0 aliphatic carbocycles. The Labute approximate surface area is 222 Å². The summed E-state index contributed by atoms with van der Waals surface area (Å²) in [7, 11) is 0. The fraction of sp³-hybridized carbons (Fsp3) is 0.179. The lowest BCUT2D eigenvalue weighted by atomic mass is 10.0. The molecule has 1 aliphatic heterocycles. The van der Waals surface area contributed by atoms with E-state index in [-0.39, 0.29) is 17.6 Å². The van der Waals surface area contributed by atoms with Crippen molar-refractivity contribution in [2.24, 2.45) is 0 Å². The van der Waals surface area contributed by atoms with E-state index in [1.165, 1.54) is 0 Å². The Morgan fingerprint density at radius 3 is 2.38 bits per heavy atom. The highest BCUT2D eigenvalue weighted by Gasteiger charge is 2.29. The third-order valence-corrected chi connectivity index (χ3v) is 7.47. The maximum Gasteiger partial charge on any atom is 0.326 e. The van der Waals surface area contributed by atoms with Crippen LogP contribution in [0.4, 0.5) is 0 Å². The number of nitrogens with zero attached hydrogens (tertiary/aromatic N) is 4. The van der Waals surface area contributed by atoms with Crippen molar-refractivity contribution in [2.45, 2.75) is 18.9 Å². The van der Waals surface area contributed by atoms with Gasteiger partial charge < -0.3 is 9.88 Å². The fourth-order valence-corrected chi connectivity index (χ4v) is 5.40. The van der Waals surface area contributed by atoms with Gasteiger partial charge >= 0.3 is 5.69 Å². The quantitative estimate of drug-likeness (QED) is 0.310. The number of H-pyrrole nitrogens is 1. The number of aromatic nitrogens is 4. The summed E-state index contributed by atoms with van der Waals surface area (Å²) in [5.41, 5.74) is 4.14. The SMILES string of the molecule is O=C(c1cc(-c2ccccc2Cl)nn1-c1ccc(Cl)cc1)N1CCC(n2c(=O)[nH]c3ccccc32)CC1. The lowest BCUT2D eigenvalue weighted by Gasteiger charge is -2.32. The smallest absolute Gasteiger partial charge is 0.326 e. The zero-order chi connectivity index (χ0) is 25.5. The number of halogens is 2. The third-order valence-electron chi connectivity index (χ3n) is 6.89. The first kappa shape index (κ1) is 23.6. The van der Waals surface area contributed by atoms with Crippen molar-refractivity contribution >= 4 is 40.1 Å². The van der Waals surface area contributed by atoms with Crippen LogP contribution < -0.4 is 5.69 Å². The molecule has 186 valence electrons. The highest BCUT2D eigenvalue weighted by atomic mass is 35.5. The second kappa shape index (κ2) is 9.57. The molecule has 0 unspecified atom stereocenters. The van der Waals surface area contributed by atoms with Gasteiger partial charge in [-0.3, -0.25) is 9.36 Å². The molecule has 0 saturated carbocycles. The van der Waals surface area contributed by atoms with Crippen molar-refractivity contribution in [3.63, 3.8) is 0 Å². The van der Waals surface area contributed by atoms with E-state index in [0.29, 0.717) is 47.4 Å². The molecule has 7 nitrogen and oxygen atoms in total. The van der Waals surface area contributed by atoms with Gasteiger partial charge in [0.05, 0.1) is 27.4 Å². The topological polar surface area (TPSA) is 75.9 Å². The van der Waals surface area contributed by atoms with Gasteiger partial charge in [0.25, 0.3) is 5.91 Å². The van der Waals surface area contributed by atoms with Gasteiger partial charge in [0, 0.05) is 29.7 Å². The number of piperidine rings is 1. The van der Waals surface area contributed by atoms with Crippen molar-refractivity contribution in [2.75, 3.05) is 13.1 Å². The Hall–Kier alpha value is -3.81. The van der Waals surface area contributed by atoms with E-state index in [4.69, 9.17) is 28.3 Å². The molecule has 1 aliphatic rings. The van der Waals surface area contributed by atoms with Gasteiger partial charge in [0.2, 0.25) is 0 Å². The standard InChI is InChI=1S/C28H23Cl2N5O2/c29-18-9-11-20(12-10-18)35-26(17-24(32-35)21-5-1-2-6-22(21)30)27(36)33-15-13-19(14-16-33)34-25-8-4-3-7-23(25)31-28(34)37/h1-12,17,19H,13-16H2,(H,31,37). The Kier molecular flexibility index (Phi) is 6.10. The van der Waals surface area contributed by atoms with Gasteiger partial charge in [-0.25, -0.2) is 9.48 Å². The molecular formula is C28H23Cl2N5O2. The maximum atomic E-state index is 13.8. The van der Waals surface area contributed by atoms with Gasteiger partial charge in [-0.05, 0) is 61.4 Å². The Morgan fingerprint density at radius 1 is 0.919 bits per heavy atom. The van der Waals surface area contributed by atoms with Gasteiger partial charge in [-0.1, -0.05) is 53.5 Å². The molecule has 9 heteroatoms. The predicted octanol–water partition coefficient (Wildman–Crippen LogP) is 5.97. The minimum Gasteiger partial charge on any atom is -0.337 e. The number of likely N-dealkylation sites (tertiary alicyclic amines) is 1. The summed E-state index contributed by atoms with van der Waals surface area (Å²) in [6.07, 6.45) is 1.36. The summed E-state index contributed by atoms with van der Waals surface area (Å²) < 4.78 is 3.47. The second-order valence-corrected chi connectivity index (χ2v) is 9.97. The molecular weight excluding hydrogens is 509 g/mol. The molecule has 0 atom stereocenters. The van der Waals surface area contributed by atoms with Gasteiger partial charge in [-0.15, -0.1) is 0 Å². The predicted molar refractivity (Wildman–Crippen MR) is 146 cm³/mol. The number of aromatic amines is 1. The number of rotatable bonds is 4. The summed E-state index contributed by atoms with van der Waals surface area (Å²) in [6.45, 7) is 1.06. The molecule has 37 heavy (non-hydrogen) atoms. The second-order valence-electron chi connectivity index (χ2n) is 9.12. The lowest BCUT2D eigenvalue weighted by molar-refractivity contribution is 0.0685. The normalized spacial score (nSPS) is 14.4. The number of fused-ring (bicyclic) bond motifs is 1. The largest absolute Gasteiger partial charge is 0.337 e. The van der Waals surface area contributed by atoms with E-state index in [0.717, 1.165) is 22.3 Å². The van der Waals surface area contributed by atoms with Crippen LogP contribution >= 0.6 is 23.2 Å². The van der Waals surface area contributed by atoms with Crippen LogP contribution in [-0.2, 0) is 0 Å². The average Bonchev–Trinajstić information content (AvgIpc) is 3.50. The molecule has 0 radical (unpaired) electrons. The number of amides is 1. The summed E-state index contributed by atoms with van der Waals surface area (Å²) in [6, 6.07) is 24.1. The molecule has 3 heterocycles. The molecule has 0 bridgehead atoms. The first-order valence-corrected chi connectivity index (χ1v) is 12.8. The van der Waals surface area contributed by atoms with Crippen LogP contribution in [0.2, 0.25) is 10.0 Å². The summed E-state index contributed by atoms with van der Waals surface area (Å²) in [4.78, 5) is 31.2. The van der Waals surface area contributed by atoms with Crippen LogP contribution in [0.3, 0.4) is 0 Å². The Bertz CT molecular complexity index is 1660. The molecule has 2 aromatic heterocycles. The number of para-hydroxylation sites is 2. The van der Waals surface area contributed by atoms with Crippen molar-refractivity contribution in [3.8, 4) is 16.9 Å². The highest BCUT2D eigenvalue weighted by molar-refractivity contribution is 6.33. The van der Waals surface area contributed by atoms with Crippen molar-refractivity contribution in [1.82, 2.24) is 24.2 Å². The van der Waals surface area contributed by atoms with Gasteiger partial charge in [0.1, 0.15) is 5.69 Å². The van der Waals surface area contributed by atoms with Crippen LogP contribution in [0.25, 0.3) is 28.0 Å². The van der Waals surface area contributed by atoms with Crippen LogP contribution in [0.1, 0.15) is 29.4 Å². The first-order valence-electron chi connectivity index (χ1n) is 12.1. The number of hydrogen-bond donors (Lipinski definition) is 1. The highest BCUT2D eigenvalue weighted by Crippen LogP contribution is 2.30. The molecule has 3 aromatic carbocycles. The van der Waals surface area contributed by atoms with Crippen LogP contribution in [0.5, 0.6) is 0 Å². The number of hydrogen-bond acceptors (Lipinski definition) is 3. The average molecular weight is 532 g/mol. The van der Waals surface area contributed by atoms with Gasteiger partial charge in [-0.2, -0.15) is 5.10 Å². The Morgan fingerprint density at radius 2 is 1.62 bits per heavy atom. The third kappa shape index (κ3) is 4.34. The van der Waals surface area contributed by atoms with Crippen LogP contribution in [-0.4, -0.2) is 43.2 Å². The van der Waals surface area contributed by atoms with E-state index in [1.807, 2.05) is 64.1 Å². The van der Waals surface area contributed by atoms with Crippen molar-refractivity contribution < 1.29 is 4.79 Å². The zero-order valence-corrected chi connectivity index (χ0v) is 21.3. The Balaban J connectivity index is 1.30. The molecule has 1 N–H and O–H groups in total. The molecule has 5 aromatic rings. The molecule has 1 amide bonds. The number of carbonyl (C=O) groups is 1. The number of nitrogens with one attached hydrogen (secondary N) is 1. The zero-order valence-electron chi connectivity index (χ0n) is 19.8. The van der Waals surface area contributed by atoms with Crippen LogP contribution in [0.15, 0.2) is 83.7 Å². The summed E-state index contributed by atoms with van der Waals surface area (Å²) in [5, 5.41) is 5.91. The minimum absolute atomic E-state index is 0.0209. The molecule has 1 fully saturated rings. The van der Waals surface area contributed by atoms with Crippen molar-refractivity contribution in [3.05, 3.63) is 105 Å². The molecule has 6 rings (SSSR count). The van der Waals surface area contributed by atoms with E-state index in [9.17, 15) is 9.59 Å². The molecule has 1 saturated heterocycles.